The third-order valence-corrected chi connectivity index (χ3v) is 5.42. The number of aliphatic carboxylic acids is 1. The Kier molecular flexibility index (Phi) is 4.28. The molecule has 5 unspecified atom stereocenters. The molecule has 1 saturated heterocycles. The largest absolute Gasteiger partial charge is 0.481 e. The Morgan fingerprint density at radius 3 is 2.53 bits per heavy atom. The van der Waals surface area contributed by atoms with Crippen LogP contribution in [0, 0.1) is 5.92 Å². The summed E-state index contributed by atoms with van der Waals surface area (Å²) in [6.45, 7) is 5.87. The Bertz CT molecular complexity index is 266. The molecule has 0 bridgehead atoms. The van der Waals surface area contributed by atoms with Gasteiger partial charge in [-0.15, -0.1) is 0 Å². The first-order valence-corrected chi connectivity index (χ1v) is 6.46. The molecule has 4 nitrogen and oxygen atoms in total. The van der Waals surface area contributed by atoms with Crippen molar-refractivity contribution in [3.8, 4) is 0 Å². The predicted molar refractivity (Wildman–Crippen MR) is 58.2 cm³/mol. The van der Waals surface area contributed by atoms with Gasteiger partial charge >= 0.3 is 5.97 Å². The maximum absolute atomic E-state index is 12.1. The molecule has 5 atom stereocenters. The second kappa shape index (κ2) is 5.07. The molecule has 5 heteroatoms. The summed E-state index contributed by atoms with van der Waals surface area (Å²) >= 11 is 0. The minimum absolute atomic E-state index is 0.0122. The fourth-order valence-corrected chi connectivity index (χ4v) is 3.55. The zero-order valence-corrected chi connectivity index (χ0v) is 10.1. The molecular formula is C10H18O4S. The zero-order chi connectivity index (χ0) is 11.6. The van der Waals surface area contributed by atoms with Gasteiger partial charge in [0.05, 0.1) is 17.3 Å². The molecule has 0 radical (unpaired) electrons. The fourth-order valence-electron chi connectivity index (χ4n) is 1.69. The second-order valence-electron chi connectivity index (χ2n) is 4.06. The van der Waals surface area contributed by atoms with E-state index in [1.54, 1.807) is 13.8 Å². The summed E-state index contributed by atoms with van der Waals surface area (Å²) in [7, 11) is -1.13. The van der Waals surface area contributed by atoms with Crippen LogP contribution in [-0.4, -0.2) is 38.5 Å². The molecule has 0 saturated carbocycles. The molecule has 0 aromatic carbocycles. The minimum atomic E-state index is -1.13. The first-order valence-electron chi connectivity index (χ1n) is 5.19. The average molecular weight is 234 g/mol. The van der Waals surface area contributed by atoms with Crippen LogP contribution in [-0.2, 0) is 20.3 Å². The SMILES string of the molecule is CC1OCCC1S(=O)C(C)C(C)C(=O)O. The van der Waals surface area contributed by atoms with Gasteiger partial charge in [0.15, 0.2) is 0 Å². The molecule has 0 aromatic heterocycles. The van der Waals surface area contributed by atoms with Gasteiger partial charge in [-0.05, 0) is 20.3 Å². The third kappa shape index (κ3) is 2.78. The molecule has 1 heterocycles. The van der Waals surface area contributed by atoms with Gasteiger partial charge in [0, 0.05) is 22.7 Å². The van der Waals surface area contributed by atoms with Crippen LogP contribution >= 0.6 is 0 Å². The van der Waals surface area contributed by atoms with Gasteiger partial charge < -0.3 is 9.84 Å². The minimum Gasteiger partial charge on any atom is -0.481 e. The molecule has 0 spiro atoms. The number of ether oxygens (including phenoxy) is 1. The lowest BCUT2D eigenvalue weighted by atomic mass is 10.1. The first kappa shape index (κ1) is 12.6. The molecular weight excluding hydrogens is 216 g/mol. The van der Waals surface area contributed by atoms with Gasteiger partial charge in [-0.25, -0.2) is 0 Å². The van der Waals surface area contributed by atoms with Gasteiger partial charge in [-0.1, -0.05) is 6.92 Å². The van der Waals surface area contributed by atoms with Crippen LogP contribution in [0.4, 0.5) is 0 Å². The van der Waals surface area contributed by atoms with Crippen LogP contribution in [0.15, 0.2) is 0 Å². The highest BCUT2D eigenvalue weighted by molar-refractivity contribution is 7.86. The van der Waals surface area contributed by atoms with Crippen molar-refractivity contribution in [3.05, 3.63) is 0 Å². The fraction of sp³-hybridized carbons (Fsp3) is 0.900. The molecule has 1 aliphatic heterocycles. The van der Waals surface area contributed by atoms with Crippen molar-refractivity contribution in [2.24, 2.45) is 5.92 Å². The number of carboxylic acid groups (broad SMARTS) is 1. The summed E-state index contributed by atoms with van der Waals surface area (Å²) in [6.07, 6.45) is 0.749. The van der Waals surface area contributed by atoms with E-state index in [1.807, 2.05) is 6.92 Å². The maximum atomic E-state index is 12.1. The lowest BCUT2D eigenvalue weighted by Gasteiger charge is -2.21. The van der Waals surface area contributed by atoms with Crippen molar-refractivity contribution in [2.75, 3.05) is 6.61 Å². The number of rotatable bonds is 4. The Hall–Kier alpha value is -0.420. The van der Waals surface area contributed by atoms with Crippen LogP contribution in [0.25, 0.3) is 0 Å². The first-order chi connectivity index (χ1) is 6.95. The average Bonchev–Trinajstić information content (AvgIpc) is 2.60. The van der Waals surface area contributed by atoms with E-state index in [0.29, 0.717) is 6.61 Å². The number of carboxylic acids is 1. The second-order valence-corrected chi connectivity index (χ2v) is 6.07. The van der Waals surface area contributed by atoms with E-state index in [2.05, 4.69) is 0 Å². The molecule has 15 heavy (non-hydrogen) atoms. The van der Waals surface area contributed by atoms with Crippen LogP contribution in [0.1, 0.15) is 27.2 Å². The van der Waals surface area contributed by atoms with Crippen LogP contribution in [0.5, 0.6) is 0 Å². The van der Waals surface area contributed by atoms with Crippen molar-refractivity contribution in [1.29, 1.82) is 0 Å². The highest BCUT2D eigenvalue weighted by Gasteiger charge is 2.35. The zero-order valence-electron chi connectivity index (χ0n) is 9.30. The van der Waals surface area contributed by atoms with Gasteiger partial charge in [0.1, 0.15) is 0 Å². The van der Waals surface area contributed by atoms with E-state index in [-0.39, 0.29) is 16.6 Å². The van der Waals surface area contributed by atoms with Gasteiger partial charge in [0.25, 0.3) is 0 Å². The third-order valence-electron chi connectivity index (χ3n) is 3.07. The van der Waals surface area contributed by atoms with Crippen LogP contribution in [0.2, 0.25) is 0 Å². The molecule has 0 amide bonds. The van der Waals surface area contributed by atoms with Gasteiger partial charge in [0.2, 0.25) is 0 Å². The Morgan fingerprint density at radius 1 is 1.53 bits per heavy atom. The predicted octanol–water partition coefficient (Wildman–Crippen LogP) is 1.02. The summed E-state index contributed by atoms with van der Waals surface area (Å²) in [5, 5.41) is 8.51. The Labute approximate surface area is 92.5 Å². The summed E-state index contributed by atoms with van der Waals surface area (Å²) in [5.74, 6) is -1.46. The number of carbonyl (C=O) groups is 1. The van der Waals surface area contributed by atoms with Crippen molar-refractivity contribution in [1.82, 2.24) is 0 Å². The quantitative estimate of drug-likeness (QED) is 0.789. The normalized spacial score (nSPS) is 32.2. The maximum Gasteiger partial charge on any atom is 0.307 e. The highest BCUT2D eigenvalue weighted by Crippen LogP contribution is 2.24. The molecule has 88 valence electrons. The molecule has 0 aliphatic carbocycles. The van der Waals surface area contributed by atoms with Crippen LogP contribution in [0.3, 0.4) is 0 Å². The standard InChI is InChI=1S/C10H18O4S/c1-6(10(11)12)8(3)15(13)9-4-5-14-7(9)2/h6-9H,4-5H2,1-3H3,(H,11,12). The molecule has 1 N–H and O–H groups in total. The molecule has 1 rings (SSSR count). The Morgan fingerprint density at radius 2 is 2.13 bits per heavy atom. The van der Waals surface area contributed by atoms with E-state index in [0.717, 1.165) is 6.42 Å². The van der Waals surface area contributed by atoms with E-state index in [9.17, 15) is 9.00 Å². The Balaban J connectivity index is 2.63. The molecule has 1 fully saturated rings. The van der Waals surface area contributed by atoms with Crippen molar-refractivity contribution in [3.63, 3.8) is 0 Å². The highest BCUT2D eigenvalue weighted by atomic mass is 32.2. The lowest BCUT2D eigenvalue weighted by Crippen LogP contribution is -2.35. The summed E-state index contributed by atoms with van der Waals surface area (Å²) in [4.78, 5) is 10.8. The number of hydrogen-bond donors (Lipinski definition) is 1. The summed E-state index contributed by atoms with van der Waals surface area (Å²) in [6, 6.07) is 0. The van der Waals surface area contributed by atoms with Crippen molar-refractivity contribution >= 4 is 16.8 Å². The van der Waals surface area contributed by atoms with Crippen molar-refractivity contribution in [2.45, 2.75) is 43.8 Å². The van der Waals surface area contributed by atoms with E-state index < -0.39 is 22.7 Å². The van der Waals surface area contributed by atoms with E-state index in [4.69, 9.17) is 9.84 Å². The van der Waals surface area contributed by atoms with Crippen LogP contribution < -0.4 is 0 Å². The van der Waals surface area contributed by atoms with E-state index >= 15 is 0 Å². The monoisotopic (exact) mass is 234 g/mol. The topological polar surface area (TPSA) is 63.6 Å². The summed E-state index contributed by atoms with van der Waals surface area (Å²) in [5.41, 5.74) is 0. The number of hydrogen-bond acceptors (Lipinski definition) is 3. The summed E-state index contributed by atoms with van der Waals surface area (Å²) < 4.78 is 17.4. The van der Waals surface area contributed by atoms with Gasteiger partial charge in [-0.2, -0.15) is 0 Å². The van der Waals surface area contributed by atoms with E-state index in [1.165, 1.54) is 0 Å². The van der Waals surface area contributed by atoms with Crippen molar-refractivity contribution < 1.29 is 18.8 Å². The molecule has 1 aliphatic rings. The molecule has 0 aromatic rings. The van der Waals surface area contributed by atoms with Gasteiger partial charge in [-0.3, -0.25) is 9.00 Å². The lowest BCUT2D eigenvalue weighted by molar-refractivity contribution is -0.141. The smallest absolute Gasteiger partial charge is 0.307 e.